The molecule has 1 amide bonds. The van der Waals surface area contributed by atoms with E-state index in [0.29, 0.717) is 0 Å². The molecule has 0 aliphatic carbocycles. The second-order valence-corrected chi connectivity index (χ2v) is 6.67. The van der Waals surface area contributed by atoms with Gasteiger partial charge in [-0.2, -0.15) is 0 Å². The molecule has 1 aliphatic heterocycles. The maximum Gasteiger partial charge on any atom is 0.243 e. The van der Waals surface area contributed by atoms with E-state index < -0.39 is 0 Å². The van der Waals surface area contributed by atoms with Gasteiger partial charge in [-0.25, -0.2) is 4.99 Å². The van der Waals surface area contributed by atoms with E-state index in [9.17, 15) is 4.79 Å². The van der Waals surface area contributed by atoms with Gasteiger partial charge in [-0.05, 0) is 31.0 Å². The summed E-state index contributed by atoms with van der Waals surface area (Å²) >= 11 is 0. The van der Waals surface area contributed by atoms with Gasteiger partial charge in [-0.3, -0.25) is 4.79 Å². The van der Waals surface area contributed by atoms with Crippen LogP contribution in [0, 0.1) is 6.92 Å². The van der Waals surface area contributed by atoms with Crippen LogP contribution < -0.4 is 10.2 Å². The number of guanidine groups is 1. The van der Waals surface area contributed by atoms with Crippen molar-refractivity contribution >= 4 is 41.5 Å². The number of amides is 1. The average molecular weight is 473 g/mol. The first-order valence-corrected chi connectivity index (χ1v) is 9.06. The highest BCUT2D eigenvalue weighted by molar-refractivity contribution is 14.0. The molecule has 0 atom stereocenters. The zero-order valence-corrected chi connectivity index (χ0v) is 18.7. The molecule has 1 aliphatic rings. The van der Waals surface area contributed by atoms with Crippen LogP contribution in [0.2, 0.25) is 0 Å². The molecule has 26 heavy (non-hydrogen) atoms. The summed E-state index contributed by atoms with van der Waals surface area (Å²) in [7, 11) is 3.52. The largest absolute Gasteiger partial charge is 0.368 e. The normalized spacial score (nSPS) is 14.7. The number of anilines is 1. The number of halogens is 1. The molecular weight excluding hydrogens is 441 g/mol. The van der Waals surface area contributed by atoms with Crippen LogP contribution in [0.3, 0.4) is 0 Å². The van der Waals surface area contributed by atoms with Crippen molar-refractivity contribution in [2.45, 2.75) is 20.3 Å². The molecule has 1 aromatic rings. The molecule has 146 valence electrons. The van der Waals surface area contributed by atoms with Gasteiger partial charge in [-0.1, -0.05) is 19.1 Å². The Hall–Kier alpha value is -1.51. The molecule has 1 saturated heterocycles. The minimum atomic E-state index is 0. The van der Waals surface area contributed by atoms with Crippen LogP contribution in [0.5, 0.6) is 0 Å². The number of carbonyl (C=O) groups is 1. The molecule has 0 aromatic heterocycles. The smallest absolute Gasteiger partial charge is 0.243 e. The first-order chi connectivity index (χ1) is 12.0. The molecule has 1 heterocycles. The lowest BCUT2D eigenvalue weighted by Crippen LogP contribution is -2.53. The standard InChI is InChI=1S/C19H31N5O.HI/c1-5-9-20-19(21-15-18(25)22(3)4)24-12-10-23(11-13-24)17-8-6-7-16(2)14-17;/h6-8,14H,5,9-13,15H2,1-4H3,(H,20,21);1H. The summed E-state index contributed by atoms with van der Waals surface area (Å²) in [6.07, 6.45) is 1.03. The number of rotatable bonds is 5. The van der Waals surface area contributed by atoms with Crippen molar-refractivity contribution in [3.05, 3.63) is 29.8 Å². The Morgan fingerprint density at radius 3 is 2.50 bits per heavy atom. The lowest BCUT2D eigenvalue weighted by Gasteiger charge is -2.38. The van der Waals surface area contributed by atoms with Gasteiger partial charge in [-0.15, -0.1) is 24.0 Å². The Balaban J connectivity index is 0.00000338. The van der Waals surface area contributed by atoms with Gasteiger partial charge in [0.1, 0.15) is 6.54 Å². The molecule has 2 rings (SSSR count). The highest BCUT2D eigenvalue weighted by Gasteiger charge is 2.20. The SMILES string of the molecule is CCCNC(=NCC(=O)N(C)C)N1CCN(c2cccc(C)c2)CC1.I. The summed E-state index contributed by atoms with van der Waals surface area (Å²) < 4.78 is 0. The maximum atomic E-state index is 11.8. The fourth-order valence-electron chi connectivity index (χ4n) is 2.79. The second kappa shape index (κ2) is 11.3. The number of nitrogens with zero attached hydrogens (tertiary/aromatic N) is 4. The van der Waals surface area contributed by atoms with E-state index in [1.807, 2.05) is 0 Å². The molecule has 1 aromatic carbocycles. The van der Waals surface area contributed by atoms with Crippen LogP contribution in [0.15, 0.2) is 29.3 Å². The Morgan fingerprint density at radius 2 is 1.92 bits per heavy atom. The number of aliphatic imine (C=N–C) groups is 1. The third-order valence-corrected chi connectivity index (χ3v) is 4.34. The number of hydrogen-bond donors (Lipinski definition) is 1. The first-order valence-electron chi connectivity index (χ1n) is 9.06. The predicted molar refractivity (Wildman–Crippen MR) is 120 cm³/mol. The predicted octanol–water partition coefficient (Wildman–Crippen LogP) is 2.18. The Kier molecular flexibility index (Phi) is 9.75. The molecule has 0 saturated carbocycles. The van der Waals surface area contributed by atoms with Gasteiger partial charge in [0.25, 0.3) is 0 Å². The van der Waals surface area contributed by atoms with E-state index in [1.165, 1.54) is 11.3 Å². The molecule has 0 spiro atoms. The zero-order valence-electron chi connectivity index (χ0n) is 16.4. The van der Waals surface area contributed by atoms with Crippen LogP contribution in [-0.4, -0.2) is 75.0 Å². The number of nitrogens with one attached hydrogen (secondary N) is 1. The molecule has 1 N–H and O–H groups in total. The number of carbonyl (C=O) groups excluding carboxylic acids is 1. The average Bonchev–Trinajstić information content (AvgIpc) is 2.61. The minimum absolute atomic E-state index is 0. The Morgan fingerprint density at radius 1 is 1.23 bits per heavy atom. The first kappa shape index (κ1) is 22.5. The fraction of sp³-hybridized carbons (Fsp3) is 0.579. The van der Waals surface area contributed by atoms with Gasteiger partial charge in [0.05, 0.1) is 0 Å². The third kappa shape index (κ3) is 6.66. The minimum Gasteiger partial charge on any atom is -0.368 e. The highest BCUT2D eigenvalue weighted by atomic mass is 127. The van der Waals surface area contributed by atoms with Crippen molar-refractivity contribution in [2.24, 2.45) is 4.99 Å². The van der Waals surface area contributed by atoms with Crippen molar-refractivity contribution in [1.29, 1.82) is 0 Å². The van der Waals surface area contributed by atoms with E-state index in [2.05, 4.69) is 58.2 Å². The zero-order chi connectivity index (χ0) is 18.2. The van der Waals surface area contributed by atoms with E-state index >= 15 is 0 Å². The lowest BCUT2D eigenvalue weighted by molar-refractivity contribution is -0.127. The lowest BCUT2D eigenvalue weighted by atomic mass is 10.2. The van der Waals surface area contributed by atoms with E-state index in [0.717, 1.165) is 45.1 Å². The van der Waals surface area contributed by atoms with Crippen LogP contribution >= 0.6 is 24.0 Å². The summed E-state index contributed by atoms with van der Waals surface area (Å²) in [4.78, 5) is 22.6. The van der Waals surface area contributed by atoms with Crippen molar-refractivity contribution < 1.29 is 4.79 Å². The second-order valence-electron chi connectivity index (χ2n) is 6.67. The van der Waals surface area contributed by atoms with Gasteiger partial charge < -0.3 is 20.0 Å². The van der Waals surface area contributed by atoms with E-state index in [-0.39, 0.29) is 36.4 Å². The summed E-state index contributed by atoms with van der Waals surface area (Å²) in [6.45, 7) is 9.03. The molecular formula is C19H32IN5O. The fourth-order valence-corrected chi connectivity index (χ4v) is 2.79. The number of piperazine rings is 1. The topological polar surface area (TPSA) is 51.2 Å². The van der Waals surface area contributed by atoms with E-state index in [1.54, 1.807) is 19.0 Å². The number of benzene rings is 1. The summed E-state index contributed by atoms with van der Waals surface area (Å²) in [6, 6.07) is 8.64. The number of aryl methyl sites for hydroxylation is 1. The molecule has 0 radical (unpaired) electrons. The van der Waals surface area contributed by atoms with Crippen molar-refractivity contribution in [3.8, 4) is 0 Å². The molecule has 7 heteroatoms. The van der Waals surface area contributed by atoms with Crippen LogP contribution in [0.1, 0.15) is 18.9 Å². The Bertz CT molecular complexity index is 597. The monoisotopic (exact) mass is 473 g/mol. The molecule has 0 bridgehead atoms. The van der Waals surface area contributed by atoms with Gasteiger partial charge >= 0.3 is 0 Å². The summed E-state index contributed by atoms with van der Waals surface area (Å²) in [5.74, 6) is 0.870. The highest BCUT2D eigenvalue weighted by Crippen LogP contribution is 2.17. The quantitative estimate of drug-likeness (QED) is 0.405. The Labute approximate surface area is 174 Å². The van der Waals surface area contributed by atoms with Crippen LogP contribution in [-0.2, 0) is 4.79 Å². The third-order valence-electron chi connectivity index (χ3n) is 4.34. The van der Waals surface area contributed by atoms with Crippen LogP contribution in [0.4, 0.5) is 5.69 Å². The molecule has 6 nitrogen and oxygen atoms in total. The molecule has 1 fully saturated rings. The summed E-state index contributed by atoms with van der Waals surface area (Å²) in [5.41, 5.74) is 2.57. The maximum absolute atomic E-state index is 11.8. The molecule has 0 unspecified atom stereocenters. The number of hydrogen-bond acceptors (Lipinski definition) is 3. The van der Waals surface area contributed by atoms with Crippen LogP contribution in [0.25, 0.3) is 0 Å². The van der Waals surface area contributed by atoms with Gasteiger partial charge in [0.2, 0.25) is 5.91 Å². The number of likely N-dealkylation sites (N-methyl/N-ethyl adjacent to an activating group) is 1. The van der Waals surface area contributed by atoms with Crippen molar-refractivity contribution in [1.82, 2.24) is 15.1 Å². The van der Waals surface area contributed by atoms with Gasteiger partial charge in [0.15, 0.2) is 5.96 Å². The van der Waals surface area contributed by atoms with Crippen molar-refractivity contribution in [2.75, 3.05) is 58.3 Å². The summed E-state index contributed by atoms with van der Waals surface area (Å²) in [5, 5.41) is 3.38. The van der Waals surface area contributed by atoms with Gasteiger partial charge in [0, 0.05) is 52.5 Å². The van der Waals surface area contributed by atoms with Crippen molar-refractivity contribution in [3.63, 3.8) is 0 Å². The van der Waals surface area contributed by atoms with E-state index in [4.69, 9.17) is 0 Å².